The molecule has 0 fully saturated rings. The molecule has 2 aromatic rings. The third-order valence-corrected chi connectivity index (χ3v) is 4.59. The average molecular weight is 360 g/mol. The zero-order valence-electron chi connectivity index (χ0n) is 14.8. The zero-order valence-corrected chi connectivity index (χ0v) is 15.7. The number of amides is 2. The lowest BCUT2D eigenvalue weighted by molar-refractivity contribution is 0.0943. The van der Waals surface area contributed by atoms with E-state index in [1.807, 2.05) is 26.8 Å². The largest absolute Gasteiger partial charge is 0.382 e. The maximum atomic E-state index is 12.4. The molecule has 1 aromatic heterocycles. The molecule has 1 aromatic carbocycles. The molecule has 0 atom stereocenters. The van der Waals surface area contributed by atoms with E-state index in [4.69, 9.17) is 4.74 Å². The minimum Gasteiger partial charge on any atom is -0.382 e. The Morgan fingerprint density at radius 2 is 1.96 bits per heavy atom. The van der Waals surface area contributed by atoms with Crippen LogP contribution in [0.25, 0.3) is 0 Å². The van der Waals surface area contributed by atoms with Crippen LogP contribution in [-0.2, 0) is 4.74 Å². The summed E-state index contributed by atoms with van der Waals surface area (Å²) >= 11 is 1.60. The van der Waals surface area contributed by atoms with Crippen LogP contribution in [0.1, 0.15) is 43.8 Å². The number of rotatable bonds is 8. The molecule has 0 radical (unpaired) electrons. The molecule has 2 N–H and O–H groups in total. The number of anilines is 1. The molecule has 0 saturated heterocycles. The Kier molecular flexibility index (Phi) is 7.16. The molecule has 0 aliphatic rings. The second-order valence-electron chi connectivity index (χ2n) is 5.67. The first-order chi connectivity index (χ1) is 12.0. The van der Waals surface area contributed by atoms with Gasteiger partial charge >= 0.3 is 0 Å². The van der Waals surface area contributed by atoms with Gasteiger partial charge in [-0.1, -0.05) is 6.07 Å². The summed E-state index contributed by atoms with van der Waals surface area (Å²) in [5.74, 6) is -0.314. The summed E-state index contributed by atoms with van der Waals surface area (Å²) in [6.07, 6.45) is 0.771. The van der Waals surface area contributed by atoms with Crippen LogP contribution in [0, 0.1) is 13.8 Å². The molecule has 0 unspecified atom stereocenters. The van der Waals surface area contributed by atoms with Crippen LogP contribution in [0.15, 0.2) is 30.3 Å². The first-order valence-electron chi connectivity index (χ1n) is 8.35. The van der Waals surface area contributed by atoms with Gasteiger partial charge in [0.05, 0.1) is 5.56 Å². The van der Waals surface area contributed by atoms with Gasteiger partial charge in [0.25, 0.3) is 11.8 Å². The summed E-state index contributed by atoms with van der Waals surface area (Å²) in [6, 6.07) is 8.83. The first-order valence-corrected chi connectivity index (χ1v) is 9.17. The number of hydrogen-bond acceptors (Lipinski definition) is 4. The molecule has 0 saturated carbocycles. The monoisotopic (exact) mass is 360 g/mol. The second kappa shape index (κ2) is 9.34. The maximum absolute atomic E-state index is 12.4. The molecule has 134 valence electrons. The molecular weight excluding hydrogens is 336 g/mol. The summed E-state index contributed by atoms with van der Waals surface area (Å²) in [6.45, 7) is 7.72. The molecule has 5 nitrogen and oxygen atoms in total. The maximum Gasteiger partial charge on any atom is 0.256 e. The highest BCUT2D eigenvalue weighted by Crippen LogP contribution is 2.22. The van der Waals surface area contributed by atoms with Crippen molar-refractivity contribution in [3.8, 4) is 0 Å². The highest BCUT2D eigenvalue weighted by Gasteiger charge is 2.13. The van der Waals surface area contributed by atoms with Gasteiger partial charge in [-0.05, 0) is 51.5 Å². The quantitative estimate of drug-likeness (QED) is 0.704. The van der Waals surface area contributed by atoms with Gasteiger partial charge in [-0.25, -0.2) is 0 Å². The number of carbonyl (C=O) groups is 2. The minimum absolute atomic E-state index is 0.156. The number of ether oxygens (including phenoxy) is 1. The van der Waals surface area contributed by atoms with E-state index in [9.17, 15) is 9.59 Å². The highest BCUT2D eigenvalue weighted by molar-refractivity contribution is 7.12. The SMILES string of the molecule is CCOCCCNC(=O)c1cccc(NC(=O)c2cc(C)sc2C)c1. The van der Waals surface area contributed by atoms with E-state index in [0.29, 0.717) is 36.6 Å². The zero-order chi connectivity index (χ0) is 18.2. The third kappa shape index (κ3) is 5.69. The smallest absolute Gasteiger partial charge is 0.256 e. The Balaban J connectivity index is 1.95. The van der Waals surface area contributed by atoms with Gasteiger partial charge in [0.2, 0.25) is 0 Å². The van der Waals surface area contributed by atoms with Crippen LogP contribution in [0.2, 0.25) is 0 Å². The van der Waals surface area contributed by atoms with Gasteiger partial charge in [0.15, 0.2) is 0 Å². The van der Waals surface area contributed by atoms with Crippen molar-refractivity contribution in [2.24, 2.45) is 0 Å². The van der Waals surface area contributed by atoms with Gasteiger partial charge in [-0.15, -0.1) is 11.3 Å². The fraction of sp³-hybridized carbons (Fsp3) is 0.368. The van der Waals surface area contributed by atoms with Crippen LogP contribution < -0.4 is 10.6 Å². The molecule has 25 heavy (non-hydrogen) atoms. The minimum atomic E-state index is -0.157. The van der Waals surface area contributed by atoms with E-state index in [0.717, 1.165) is 16.2 Å². The van der Waals surface area contributed by atoms with Gasteiger partial charge in [0, 0.05) is 40.8 Å². The van der Waals surface area contributed by atoms with E-state index >= 15 is 0 Å². The Labute approximate surface area is 152 Å². The number of nitrogens with one attached hydrogen (secondary N) is 2. The van der Waals surface area contributed by atoms with Gasteiger partial charge in [-0.3, -0.25) is 9.59 Å². The van der Waals surface area contributed by atoms with Crippen molar-refractivity contribution < 1.29 is 14.3 Å². The first kappa shape index (κ1) is 19.1. The molecule has 0 aliphatic heterocycles. The lowest BCUT2D eigenvalue weighted by atomic mass is 10.1. The lowest BCUT2D eigenvalue weighted by Crippen LogP contribution is -2.25. The summed E-state index contributed by atoms with van der Waals surface area (Å²) in [7, 11) is 0. The topological polar surface area (TPSA) is 67.4 Å². The number of aryl methyl sites for hydroxylation is 2. The van der Waals surface area contributed by atoms with E-state index in [1.165, 1.54) is 0 Å². The van der Waals surface area contributed by atoms with E-state index in [-0.39, 0.29) is 11.8 Å². The Hall–Kier alpha value is -2.18. The fourth-order valence-corrected chi connectivity index (χ4v) is 3.34. The number of benzene rings is 1. The van der Waals surface area contributed by atoms with Crippen molar-refractivity contribution in [3.63, 3.8) is 0 Å². The molecule has 0 bridgehead atoms. The predicted molar refractivity (Wildman–Crippen MR) is 102 cm³/mol. The molecule has 0 aliphatic carbocycles. The van der Waals surface area contributed by atoms with Gasteiger partial charge in [-0.2, -0.15) is 0 Å². The van der Waals surface area contributed by atoms with Crippen LogP contribution in [0.3, 0.4) is 0 Å². The third-order valence-electron chi connectivity index (χ3n) is 3.62. The van der Waals surface area contributed by atoms with Crippen LogP contribution >= 0.6 is 11.3 Å². The van der Waals surface area contributed by atoms with Gasteiger partial charge < -0.3 is 15.4 Å². The summed E-state index contributed by atoms with van der Waals surface area (Å²) in [5, 5.41) is 5.71. The fourth-order valence-electron chi connectivity index (χ4n) is 2.42. The van der Waals surface area contributed by atoms with E-state index in [1.54, 1.807) is 35.6 Å². The van der Waals surface area contributed by atoms with Crippen LogP contribution in [0.4, 0.5) is 5.69 Å². The van der Waals surface area contributed by atoms with Crippen LogP contribution in [-0.4, -0.2) is 31.6 Å². The summed E-state index contributed by atoms with van der Waals surface area (Å²) in [4.78, 5) is 26.6. The van der Waals surface area contributed by atoms with Crippen molar-refractivity contribution in [2.75, 3.05) is 25.1 Å². The molecule has 0 spiro atoms. The number of hydrogen-bond donors (Lipinski definition) is 2. The van der Waals surface area contributed by atoms with Crippen molar-refractivity contribution in [1.29, 1.82) is 0 Å². The predicted octanol–water partition coefficient (Wildman–Crippen LogP) is 3.77. The standard InChI is InChI=1S/C19H24N2O3S/c1-4-24-10-6-9-20-18(22)15-7-5-8-16(12-15)21-19(23)17-11-13(2)25-14(17)3/h5,7-8,11-12H,4,6,9-10H2,1-3H3,(H,20,22)(H,21,23). The molecule has 2 rings (SSSR count). The Morgan fingerprint density at radius 3 is 2.64 bits per heavy atom. The second-order valence-corrected chi connectivity index (χ2v) is 7.13. The van der Waals surface area contributed by atoms with Crippen molar-refractivity contribution >= 4 is 28.8 Å². The summed E-state index contributed by atoms with van der Waals surface area (Å²) < 4.78 is 5.24. The molecule has 1 heterocycles. The Morgan fingerprint density at radius 1 is 1.16 bits per heavy atom. The molecule has 2 amide bonds. The highest BCUT2D eigenvalue weighted by atomic mass is 32.1. The van der Waals surface area contributed by atoms with Gasteiger partial charge in [0.1, 0.15) is 0 Å². The van der Waals surface area contributed by atoms with E-state index < -0.39 is 0 Å². The lowest BCUT2D eigenvalue weighted by Gasteiger charge is -2.08. The average Bonchev–Trinajstić information content (AvgIpc) is 2.93. The van der Waals surface area contributed by atoms with Crippen molar-refractivity contribution in [1.82, 2.24) is 5.32 Å². The van der Waals surface area contributed by atoms with Crippen molar-refractivity contribution in [3.05, 3.63) is 51.2 Å². The normalized spacial score (nSPS) is 10.5. The summed E-state index contributed by atoms with van der Waals surface area (Å²) in [5.41, 5.74) is 1.80. The van der Waals surface area contributed by atoms with Crippen molar-refractivity contribution in [2.45, 2.75) is 27.2 Å². The molecular formula is C19H24N2O3S. The number of thiophene rings is 1. The van der Waals surface area contributed by atoms with E-state index in [2.05, 4.69) is 10.6 Å². The van der Waals surface area contributed by atoms with Crippen LogP contribution in [0.5, 0.6) is 0 Å². The number of carbonyl (C=O) groups excluding carboxylic acids is 2. The Bertz CT molecular complexity index is 740. The molecule has 6 heteroatoms.